The van der Waals surface area contributed by atoms with E-state index >= 15 is 0 Å². The molecule has 0 heterocycles. The molecule has 368 valence electrons. The summed E-state index contributed by atoms with van der Waals surface area (Å²) in [5.74, 6) is 1.36. The molecule has 0 fully saturated rings. The second kappa shape index (κ2) is 22.4. The van der Waals surface area contributed by atoms with Gasteiger partial charge in [-0.3, -0.25) is 0 Å². The first kappa shape index (κ1) is 47.6. The number of para-hydroxylation sites is 8. The number of nitrogens with zero attached hydrogens (tertiary/aromatic N) is 4. The topological polar surface area (TPSA) is 22.2 Å². The van der Waals surface area contributed by atoms with Crippen LogP contribution in [0.1, 0.15) is 0 Å². The van der Waals surface area contributed by atoms with Gasteiger partial charge in [-0.05, 0) is 132 Å². The molecule has 0 aliphatic carbocycles. The molecule has 5 heteroatoms. The predicted molar refractivity (Wildman–Crippen MR) is 323 cm³/mol. The van der Waals surface area contributed by atoms with Gasteiger partial charge in [0.25, 0.3) is 0 Å². The van der Waals surface area contributed by atoms with E-state index in [0.29, 0.717) is 11.5 Å². The van der Waals surface area contributed by atoms with Gasteiger partial charge in [0.15, 0.2) is 0 Å². The molecule has 77 heavy (non-hydrogen) atoms. The average molecular weight is 991 g/mol. The van der Waals surface area contributed by atoms with Crippen LogP contribution in [-0.4, -0.2) is 0 Å². The van der Waals surface area contributed by atoms with E-state index in [-0.39, 0.29) is 0 Å². The molecule has 0 unspecified atom stereocenters. The molecular weight excluding hydrogens is 937 g/mol. The Balaban J connectivity index is 1.20. The Labute approximate surface area is 451 Å². The van der Waals surface area contributed by atoms with Crippen molar-refractivity contribution in [2.45, 2.75) is 0 Å². The molecule has 0 amide bonds. The van der Waals surface area contributed by atoms with E-state index in [1.165, 1.54) is 0 Å². The molecule has 0 N–H and O–H groups in total. The minimum atomic E-state index is 0.678. The molecule has 0 aliphatic rings. The number of hydrogen-bond acceptors (Lipinski definition) is 5. The van der Waals surface area contributed by atoms with Crippen LogP contribution in [0.15, 0.2) is 328 Å². The van der Waals surface area contributed by atoms with Crippen LogP contribution in [0.5, 0.6) is 11.5 Å². The Morgan fingerprint density at radius 2 is 0.377 bits per heavy atom. The summed E-state index contributed by atoms with van der Waals surface area (Å²) >= 11 is 0. The van der Waals surface area contributed by atoms with E-state index in [9.17, 15) is 0 Å². The molecule has 12 aromatic carbocycles. The van der Waals surface area contributed by atoms with E-state index in [2.05, 4.69) is 347 Å². The van der Waals surface area contributed by atoms with E-state index < -0.39 is 0 Å². The van der Waals surface area contributed by atoms with Crippen LogP contribution < -0.4 is 24.3 Å². The lowest BCUT2D eigenvalue weighted by molar-refractivity contribution is 0.486. The zero-order valence-electron chi connectivity index (χ0n) is 42.4. The molecule has 0 saturated heterocycles. The van der Waals surface area contributed by atoms with Gasteiger partial charge in [-0.25, -0.2) is 0 Å². The van der Waals surface area contributed by atoms with Gasteiger partial charge < -0.3 is 24.3 Å². The van der Waals surface area contributed by atoms with Crippen molar-refractivity contribution in [1.29, 1.82) is 0 Å². The number of benzene rings is 12. The molecule has 0 aliphatic heterocycles. The lowest BCUT2D eigenvalue weighted by atomic mass is 9.96. The van der Waals surface area contributed by atoms with Crippen LogP contribution in [0.4, 0.5) is 68.2 Å². The summed E-state index contributed by atoms with van der Waals surface area (Å²) in [7, 11) is 0. The second-order valence-corrected chi connectivity index (χ2v) is 18.5. The minimum Gasteiger partial charge on any atom is -0.456 e. The van der Waals surface area contributed by atoms with E-state index in [0.717, 1.165) is 90.5 Å². The largest absolute Gasteiger partial charge is 0.456 e. The summed E-state index contributed by atoms with van der Waals surface area (Å²) in [6.07, 6.45) is 0. The van der Waals surface area contributed by atoms with Gasteiger partial charge in [-0.15, -0.1) is 0 Å². The molecule has 0 atom stereocenters. The number of hydrogen-bond donors (Lipinski definition) is 0. The third-order valence-corrected chi connectivity index (χ3v) is 13.6. The van der Waals surface area contributed by atoms with E-state index in [1.54, 1.807) is 0 Å². The highest BCUT2D eigenvalue weighted by Crippen LogP contribution is 2.57. The van der Waals surface area contributed by atoms with Gasteiger partial charge >= 0.3 is 0 Å². The summed E-state index contributed by atoms with van der Waals surface area (Å²) in [6, 6.07) is 115. The number of ether oxygens (including phenoxy) is 1. The first-order valence-corrected chi connectivity index (χ1v) is 26.0. The lowest BCUT2D eigenvalue weighted by Gasteiger charge is -2.36. The van der Waals surface area contributed by atoms with E-state index in [4.69, 9.17) is 4.74 Å². The van der Waals surface area contributed by atoms with Crippen molar-refractivity contribution in [3.05, 3.63) is 328 Å². The fourth-order valence-electron chi connectivity index (χ4n) is 10.3. The van der Waals surface area contributed by atoms with Crippen molar-refractivity contribution < 1.29 is 4.74 Å². The van der Waals surface area contributed by atoms with E-state index in [1.807, 2.05) is 0 Å². The fourth-order valence-corrected chi connectivity index (χ4v) is 10.3. The van der Waals surface area contributed by atoms with Crippen LogP contribution in [0, 0.1) is 0 Å². The molecule has 0 radical (unpaired) electrons. The smallest absolute Gasteiger partial charge is 0.137 e. The normalized spacial score (nSPS) is 10.9. The average Bonchev–Trinajstić information content (AvgIpc) is 3.56. The lowest BCUT2D eigenvalue weighted by Crippen LogP contribution is -2.19. The van der Waals surface area contributed by atoms with Crippen molar-refractivity contribution in [3.8, 4) is 33.8 Å². The number of rotatable bonds is 16. The maximum atomic E-state index is 7.88. The van der Waals surface area contributed by atoms with Gasteiger partial charge in [0.05, 0.1) is 33.9 Å². The van der Waals surface area contributed by atoms with Gasteiger partial charge in [0.1, 0.15) is 11.5 Å². The zero-order chi connectivity index (χ0) is 51.6. The van der Waals surface area contributed by atoms with Gasteiger partial charge in [-0.1, -0.05) is 206 Å². The van der Waals surface area contributed by atoms with Crippen LogP contribution in [0.2, 0.25) is 0 Å². The summed E-state index contributed by atoms with van der Waals surface area (Å²) in [6.45, 7) is 0. The summed E-state index contributed by atoms with van der Waals surface area (Å²) in [5, 5.41) is 0. The summed E-state index contributed by atoms with van der Waals surface area (Å²) in [5.41, 5.74) is 15.6. The Kier molecular flexibility index (Phi) is 13.9. The van der Waals surface area contributed by atoms with Crippen LogP contribution >= 0.6 is 0 Å². The van der Waals surface area contributed by atoms with Crippen LogP contribution in [0.3, 0.4) is 0 Å². The molecule has 12 rings (SSSR count). The molecule has 0 saturated carbocycles. The molecule has 0 aromatic heterocycles. The zero-order valence-corrected chi connectivity index (χ0v) is 42.4. The minimum absolute atomic E-state index is 0.678. The first-order chi connectivity index (χ1) is 38.3. The molecule has 5 nitrogen and oxygen atoms in total. The first-order valence-electron chi connectivity index (χ1n) is 26.0. The maximum absolute atomic E-state index is 7.88. The van der Waals surface area contributed by atoms with Gasteiger partial charge in [0.2, 0.25) is 0 Å². The van der Waals surface area contributed by atoms with Crippen molar-refractivity contribution in [3.63, 3.8) is 0 Å². The predicted octanol–water partition coefficient (Wildman–Crippen LogP) is 20.7. The molecular formula is C72H54N4O. The Hall–Kier alpha value is -10.4. The quantitative estimate of drug-likeness (QED) is 0.0959. The monoisotopic (exact) mass is 990 g/mol. The second-order valence-electron chi connectivity index (χ2n) is 18.5. The van der Waals surface area contributed by atoms with Crippen molar-refractivity contribution >= 4 is 68.2 Å². The molecule has 0 bridgehead atoms. The van der Waals surface area contributed by atoms with Crippen LogP contribution in [0.25, 0.3) is 22.3 Å². The molecule has 0 spiro atoms. The number of anilines is 12. The highest BCUT2D eigenvalue weighted by Gasteiger charge is 2.32. The fraction of sp³-hybridized carbons (Fsp3) is 0. The SMILES string of the molecule is c1ccc(-c2c(Oc3ccc(N(c4ccccc4)c4ccccc4)c(N(c4ccccc4)c4ccccc4)c3-c3ccccc3)ccc(N(c3ccccc3)c3ccccc3)c2N(c2ccccc2)c2ccccc2)cc1. The Morgan fingerprint density at radius 1 is 0.182 bits per heavy atom. The maximum Gasteiger partial charge on any atom is 0.137 e. The Bertz CT molecular complexity index is 3390. The highest BCUT2D eigenvalue weighted by molar-refractivity contribution is 6.04. The van der Waals surface area contributed by atoms with Gasteiger partial charge in [-0.2, -0.15) is 0 Å². The Morgan fingerprint density at radius 3 is 0.597 bits per heavy atom. The highest BCUT2D eigenvalue weighted by atomic mass is 16.5. The summed E-state index contributed by atoms with van der Waals surface area (Å²) < 4.78 is 7.88. The third kappa shape index (κ3) is 9.93. The standard InChI is InChI=1S/C72H54N4O/c1-11-31-55(32-12-1)69-67(53-51-65(73(57-35-15-3-16-36-57)58-37-17-4-18-38-58)71(69)75(61-43-23-7-24-44-61)62-45-25-8-26-46-62)77-68-54-52-66(74(59-39-19-5-20-40-59)60-41-21-6-22-42-60)72(70(68)56-33-13-2-14-34-56)76(63-47-27-9-28-48-63)64-49-29-10-30-50-64/h1-54H. The van der Waals surface area contributed by atoms with Gasteiger partial charge in [0, 0.05) is 45.5 Å². The van der Waals surface area contributed by atoms with Crippen molar-refractivity contribution in [1.82, 2.24) is 0 Å². The third-order valence-electron chi connectivity index (χ3n) is 13.6. The molecule has 12 aromatic rings. The summed E-state index contributed by atoms with van der Waals surface area (Å²) in [4.78, 5) is 9.46. The van der Waals surface area contributed by atoms with Crippen LogP contribution in [-0.2, 0) is 0 Å². The van der Waals surface area contributed by atoms with Crippen molar-refractivity contribution in [2.24, 2.45) is 0 Å². The van der Waals surface area contributed by atoms with Crippen molar-refractivity contribution in [2.75, 3.05) is 19.6 Å².